The van der Waals surface area contributed by atoms with Gasteiger partial charge in [-0.05, 0) is 31.5 Å². The smallest absolute Gasteiger partial charge is 0.261 e. The van der Waals surface area contributed by atoms with Crippen LogP contribution in [-0.2, 0) is 28.2 Å². The lowest BCUT2D eigenvalue weighted by atomic mass is 9.82. The number of amides is 2. The average molecular weight is 429 g/mol. The molecular formula is C21H27N5O5. The van der Waals surface area contributed by atoms with E-state index in [4.69, 9.17) is 5.11 Å². The summed E-state index contributed by atoms with van der Waals surface area (Å²) in [6.45, 7) is 3.67. The fourth-order valence-corrected chi connectivity index (χ4v) is 3.41. The first-order valence-electron chi connectivity index (χ1n) is 10.1. The fourth-order valence-electron chi connectivity index (χ4n) is 3.41. The van der Waals surface area contributed by atoms with E-state index in [1.807, 2.05) is 6.08 Å². The second kappa shape index (κ2) is 9.38. The number of hydrogen-bond acceptors (Lipinski definition) is 7. The summed E-state index contributed by atoms with van der Waals surface area (Å²) in [5.41, 5.74) is 0.135. The molecule has 5 N–H and O–H groups in total. The quantitative estimate of drug-likeness (QED) is 0.365. The molecule has 10 heteroatoms. The summed E-state index contributed by atoms with van der Waals surface area (Å²) in [4.78, 5) is 24.3. The molecule has 1 aromatic heterocycles. The van der Waals surface area contributed by atoms with E-state index in [2.05, 4.69) is 20.9 Å². The molecule has 3 rings (SSSR count). The zero-order valence-electron chi connectivity index (χ0n) is 17.4. The Bertz CT molecular complexity index is 986. The zero-order valence-corrected chi connectivity index (χ0v) is 17.4. The van der Waals surface area contributed by atoms with E-state index < -0.39 is 29.4 Å². The summed E-state index contributed by atoms with van der Waals surface area (Å²) in [6, 6.07) is 4.73. The molecule has 0 spiro atoms. The number of nitrogens with one attached hydrogen (secondary N) is 2. The van der Waals surface area contributed by atoms with Gasteiger partial charge in [-0.25, -0.2) is 0 Å². The van der Waals surface area contributed by atoms with Crippen LogP contribution in [0.2, 0.25) is 0 Å². The van der Waals surface area contributed by atoms with Gasteiger partial charge in [-0.1, -0.05) is 24.3 Å². The summed E-state index contributed by atoms with van der Waals surface area (Å²) in [5, 5.41) is 42.7. The van der Waals surface area contributed by atoms with E-state index in [-0.39, 0.29) is 6.61 Å². The first kappa shape index (κ1) is 22.6. The van der Waals surface area contributed by atoms with Gasteiger partial charge in [0.1, 0.15) is 6.10 Å². The standard InChI is InChI=1S/C21H27N5O5/c1-13(5-3-4-9-26-12-16(8-10-27)24-25-26)21(31)17-11-15(22-19(29)14(2)28)6-7-18(17)23-20(21)30/h3,5-7,11-14,27-28,31H,4,8-10H2,1-2H3,(H,22,29)(H,23,30)/b5-3+/t13-,14-,21+/m0/s1. The molecule has 0 saturated heterocycles. The van der Waals surface area contributed by atoms with Crippen LogP contribution >= 0.6 is 0 Å². The molecule has 0 fully saturated rings. The Labute approximate surface area is 179 Å². The Morgan fingerprint density at radius 1 is 1.39 bits per heavy atom. The average Bonchev–Trinajstić information content (AvgIpc) is 3.28. The number of aliphatic hydroxyl groups excluding tert-OH is 2. The Morgan fingerprint density at radius 2 is 2.16 bits per heavy atom. The third-order valence-corrected chi connectivity index (χ3v) is 5.23. The summed E-state index contributed by atoms with van der Waals surface area (Å²) in [5.74, 6) is -1.66. The number of anilines is 2. The van der Waals surface area contributed by atoms with Crippen molar-refractivity contribution in [2.45, 2.75) is 44.9 Å². The van der Waals surface area contributed by atoms with Crippen LogP contribution in [0.3, 0.4) is 0 Å². The first-order valence-corrected chi connectivity index (χ1v) is 10.1. The van der Waals surface area contributed by atoms with Crippen LogP contribution in [0, 0.1) is 5.92 Å². The van der Waals surface area contributed by atoms with Crippen molar-refractivity contribution in [3.05, 3.63) is 47.8 Å². The second-order valence-electron chi connectivity index (χ2n) is 7.60. The Hall–Kier alpha value is -3.08. The molecule has 0 radical (unpaired) electrons. The topological polar surface area (TPSA) is 150 Å². The van der Waals surface area contributed by atoms with E-state index in [0.717, 1.165) is 0 Å². The number of hydrogen-bond donors (Lipinski definition) is 5. The highest BCUT2D eigenvalue weighted by atomic mass is 16.3. The third kappa shape index (κ3) is 4.82. The number of nitrogens with zero attached hydrogens (tertiary/aromatic N) is 3. The Morgan fingerprint density at radius 3 is 2.87 bits per heavy atom. The van der Waals surface area contributed by atoms with E-state index in [1.165, 1.54) is 13.0 Å². The Kier molecular flexibility index (Phi) is 6.84. The van der Waals surface area contributed by atoms with Crippen molar-refractivity contribution in [1.29, 1.82) is 0 Å². The number of aryl methyl sites for hydroxylation is 1. The molecule has 3 atom stereocenters. The minimum Gasteiger partial charge on any atom is -0.396 e. The van der Waals surface area contributed by atoms with Crippen LogP contribution in [0.25, 0.3) is 0 Å². The van der Waals surface area contributed by atoms with Crippen LogP contribution in [0.4, 0.5) is 11.4 Å². The largest absolute Gasteiger partial charge is 0.396 e. The highest BCUT2D eigenvalue weighted by molar-refractivity contribution is 6.06. The maximum Gasteiger partial charge on any atom is 0.261 e. The number of fused-ring (bicyclic) bond motifs is 1. The number of rotatable bonds is 9. The van der Waals surface area contributed by atoms with E-state index in [0.29, 0.717) is 42.0 Å². The SMILES string of the molecule is C[C@H](O)C(=O)Nc1ccc2c(c1)[C@](O)([C@@H](C)/C=C/CCn1cc(CCO)nn1)C(=O)N2. The molecule has 10 nitrogen and oxygen atoms in total. The third-order valence-electron chi connectivity index (χ3n) is 5.23. The van der Waals surface area contributed by atoms with Crippen LogP contribution in [0.5, 0.6) is 0 Å². The van der Waals surface area contributed by atoms with Gasteiger partial charge in [0.2, 0.25) is 0 Å². The van der Waals surface area contributed by atoms with E-state index >= 15 is 0 Å². The number of aromatic nitrogens is 3. The lowest BCUT2D eigenvalue weighted by molar-refractivity contribution is -0.137. The molecule has 1 aromatic carbocycles. The monoisotopic (exact) mass is 429 g/mol. The molecule has 166 valence electrons. The highest BCUT2D eigenvalue weighted by Gasteiger charge is 2.48. The zero-order chi connectivity index (χ0) is 22.6. The molecule has 0 unspecified atom stereocenters. The van der Waals surface area contributed by atoms with Gasteiger partial charge >= 0.3 is 0 Å². The first-order chi connectivity index (χ1) is 14.8. The van der Waals surface area contributed by atoms with Crippen molar-refractivity contribution in [3.63, 3.8) is 0 Å². The van der Waals surface area contributed by atoms with Gasteiger partial charge in [0, 0.05) is 48.6 Å². The van der Waals surface area contributed by atoms with Crippen molar-refractivity contribution in [2.24, 2.45) is 5.92 Å². The molecule has 2 amide bonds. The summed E-state index contributed by atoms with van der Waals surface area (Å²) in [6.07, 6.45) is 5.28. The molecule has 1 aliphatic rings. The molecule has 2 aromatic rings. The van der Waals surface area contributed by atoms with Crippen LogP contribution < -0.4 is 10.6 Å². The van der Waals surface area contributed by atoms with Gasteiger partial charge in [-0.3, -0.25) is 14.3 Å². The maximum absolute atomic E-state index is 12.6. The summed E-state index contributed by atoms with van der Waals surface area (Å²) >= 11 is 0. The van der Waals surface area contributed by atoms with Crippen LogP contribution in [-0.4, -0.2) is 54.8 Å². The number of benzene rings is 1. The lowest BCUT2D eigenvalue weighted by Crippen LogP contribution is -2.39. The maximum atomic E-state index is 12.6. The van der Waals surface area contributed by atoms with Crippen LogP contribution in [0.15, 0.2) is 36.5 Å². The molecule has 0 saturated carbocycles. The minimum absolute atomic E-state index is 0.0165. The van der Waals surface area contributed by atoms with Gasteiger partial charge in [0.05, 0.1) is 5.69 Å². The summed E-state index contributed by atoms with van der Waals surface area (Å²) < 4.78 is 1.67. The van der Waals surface area contributed by atoms with Gasteiger partial charge in [0.25, 0.3) is 11.8 Å². The van der Waals surface area contributed by atoms with Crippen molar-refractivity contribution >= 4 is 23.2 Å². The number of allylic oxidation sites excluding steroid dienone is 1. The molecule has 2 heterocycles. The van der Waals surface area contributed by atoms with Gasteiger partial charge in [-0.2, -0.15) is 0 Å². The number of aliphatic hydroxyl groups is 3. The van der Waals surface area contributed by atoms with Crippen molar-refractivity contribution in [3.8, 4) is 0 Å². The molecule has 0 bridgehead atoms. The van der Waals surface area contributed by atoms with Gasteiger partial charge < -0.3 is 26.0 Å². The van der Waals surface area contributed by atoms with Gasteiger partial charge in [0.15, 0.2) is 5.60 Å². The fraction of sp³-hybridized carbons (Fsp3) is 0.429. The Balaban J connectivity index is 1.70. The van der Waals surface area contributed by atoms with E-state index in [9.17, 15) is 19.8 Å². The van der Waals surface area contributed by atoms with Crippen LogP contribution in [0.1, 0.15) is 31.5 Å². The molecular weight excluding hydrogens is 402 g/mol. The predicted molar refractivity (Wildman–Crippen MR) is 113 cm³/mol. The predicted octanol–water partition coefficient (Wildman–Crippen LogP) is 0.554. The lowest BCUT2D eigenvalue weighted by Gasteiger charge is -2.26. The van der Waals surface area contributed by atoms with Gasteiger partial charge in [-0.15, -0.1) is 5.10 Å². The second-order valence-corrected chi connectivity index (χ2v) is 7.60. The molecule has 31 heavy (non-hydrogen) atoms. The molecule has 1 aliphatic heterocycles. The highest BCUT2D eigenvalue weighted by Crippen LogP contribution is 2.42. The number of carbonyl (C=O) groups is 2. The molecule has 0 aliphatic carbocycles. The normalized spacial score (nSPS) is 19.8. The number of carbonyl (C=O) groups excluding carboxylic acids is 2. The van der Waals surface area contributed by atoms with Crippen molar-refractivity contribution in [1.82, 2.24) is 15.0 Å². The van der Waals surface area contributed by atoms with Crippen molar-refractivity contribution in [2.75, 3.05) is 17.2 Å². The van der Waals surface area contributed by atoms with Crippen molar-refractivity contribution < 1.29 is 24.9 Å². The summed E-state index contributed by atoms with van der Waals surface area (Å²) in [7, 11) is 0. The minimum atomic E-state index is -1.79. The van der Waals surface area contributed by atoms with E-state index in [1.54, 1.807) is 36.0 Å².